The van der Waals surface area contributed by atoms with Gasteiger partial charge in [0.05, 0.1) is 16.6 Å². The molecule has 0 aliphatic carbocycles. The molecule has 1 aliphatic rings. The molecule has 7 nitrogen and oxygen atoms in total. The first-order chi connectivity index (χ1) is 12.8. The van der Waals surface area contributed by atoms with E-state index in [0.717, 1.165) is 0 Å². The van der Waals surface area contributed by atoms with Crippen molar-refractivity contribution in [3.63, 3.8) is 0 Å². The van der Waals surface area contributed by atoms with Crippen LogP contribution in [0.25, 0.3) is 0 Å². The highest BCUT2D eigenvalue weighted by atomic mass is 35.5. The zero-order valence-corrected chi connectivity index (χ0v) is 15.8. The molecule has 0 saturated carbocycles. The van der Waals surface area contributed by atoms with E-state index < -0.39 is 39.1 Å². The number of nitrogens with one attached hydrogen (secondary N) is 4. The first kappa shape index (κ1) is 19.6. The first-order valence-corrected chi connectivity index (χ1v) is 10.0. The average Bonchev–Trinajstić information content (AvgIpc) is 3.02. The molecule has 1 amide bonds. The maximum Gasteiger partial charge on any atom is 0.250 e. The van der Waals surface area contributed by atoms with Crippen LogP contribution >= 0.6 is 11.6 Å². The number of anilines is 2. The number of hydrogen-bond acceptors (Lipinski definition) is 5. The molecule has 27 heavy (non-hydrogen) atoms. The minimum absolute atomic E-state index is 0.112. The van der Waals surface area contributed by atoms with Gasteiger partial charge in [-0.25, -0.2) is 18.2 Å². The summed E-state index contributed by atoms with van der Waals surface area (Å²) in [5.74, 6) is -2.44. The third-order valence-corrected chi connectivity index (χ3v) is 6.09. The molecule has 0 aromatic heterocycles. The summed E-state index contributed by atoms with van der Waals surface area (Å²) < 4.78 is 42.0. The lowest BCUT2D eigenvalue weighted by molar-refractivity contribution is -0.119. The number of carbonyl (C=O) groups excluding carboxylic acids is 1. The van der Waals surface area contributed by atoms with Gasteiger partial charge >= 0.3 is 0 Å². The van der Waals surface area contributed by atoms with Crippen LogP contribution in [0.3, 0.4) is 0 Å². The summed E-state index contributed by atoms with van der Waals surface area (Å²) in [6, 6.07) is 12.0. The first-order valence-electron chi connectivity index (χ1n) is 8.12. The summed E-state index contributed by atoms with van der Waals surface area (Å²) in [5, 5.41) is 1.02. The fourth-order valence-corrected chi connectivity index (χ4v) is 4.58. The predicted octanol–water partition coefficient (Wildman–Crippen LogP) is 2.30. The van der Waals surface area contributed by atoms with Crippen molar-refractivity contribution >= 4 is 38.9 Å². The number of rotatable bonds is 5. The highest BCUT2D eigenvalue weighted by Crippen LogP contribution is 2.26. The lowest BCUT2D eigenvalue weighted by Crippen LogP contribution is -2.45. The van der Waals surface area contributed by atoms with Gasteiger partial charge in [-0.2, -0.15) is 0 Å². The highest BCUT2D eigenvalue weighted by molar-refractivity contribution is 7.93. The minimum Gasteiger partial charge on any atom is -0.323 e. The SMILES string of the molecule is CC1NNC(S(=O)(=O)Nc2ccccc2)C1C(=O)Nc1cccc(Cl)c1F. The zero-order valence-electron chi connectivity index (χ0n) is 14.2. The van der Waals surface area contributed by atoms with Gasteiger partial charge in [0, 0.05) is 11.7 Å². The van der Waals surface area contributed by atoms with Crippen molar-refractivity contribution in [2.45, 2.75) is 18.3 Å². The Kier molecular flexibility index (Phi) is 5.66. The van der Waals surface area contributed by atoms with Gasteiger partial charge in [-0.3, -0.25) is 14.9 Å². The van der Waals surface area contributed by atoms with Gasteiger partial charge in [0.1, 0.15) is 0 Å². The third kappa shape index (κ3) is 4.22. The monoisotopic (exact) mass is 412 g/mol. The summed E-state index contributed by atoms with van der Waals surface area (Å²) in [7, 11) is -3.95. The number of amides is 1. The standard InChI is InChI=1S/C17H18ClFN4O3S/c1-10-14(16(24)20-13-9-5-8-12(18)15(13)19)17(22-21-10)27(25,26)23-11-6-3-2-4-7-11/h2-10,14,17,21-23H,1H3,(H,20,24). The largest absolute Gasteiger partial charge is 0.323 e. The van der Waals surface area contributed by atoms with Crippen LogP contribution in [-0.2, 0) is 14.8 Å². The van der Waals surface area contributed by atoms with Gasteiger partial charge in [0.25, 0.3) is 10.0 Å². The molecule has 1 saturated heterocycles. The van der Waals surface area contributed by atoms with Crippen molar-refractivity contribution in [1.82, 2.24) is 10.9 Å². The van der Waals surface area contributed by atoms with Crippen LogP contribution in [0.15, 0.2) is 48.5 Å². The number of carbonyl (C=O) groups is 1. The highest BCUT2D eigenvalue weighted by Gasteiger charge is 2.46. The van der Waals surface area contributed by atoms with E-state index in [1.165, 1.54) is 18.2 Å². The molecule has 1 heterocycles. The van der Waals surface area contributed by atoms with Crippen LogP contribution in [0.5, 0.6) is 0 Å². The maximum atomic E-state index is 14.1. The molecule has 2 aromatic rings. The molecule has 0 radical (unpaired) electrons. The van der Waals surface area contributed by atoms with Gasteiger partial charge in [-0.1, -0.05) is 35.9 Å². The summed E-state index contributed by atoms with van der Waals surface area (Å²) in [6.07, 6.45) is 0. The van der Waals surface area contributed by atoms with Gasteiger partial charge in [-0.05, 0) is 31.2 Å². The number of benzene rings is 2. The summed E-state index contributed by atoms with van der Waals surface area (Å²) in [4.78, 5) is 12.7. The Morgan fingerprint density at radius 2 is 1.81 bits per heavy atom. The van der Waals surface area contributed by atoms with Crippen molar-refractivity contribution in [1.29, 1.82) is 0 Å². The molecule has 0 spiro atoms. The summed E-state index contributed by atoms with van der Waals surface area (Å²) in [6.45, 7) is 1.66. The smallest absolute Gasteiger partial charge is 0.250 e. The van der Waals surface area contributed by atoms with Crippen molar-refractivity contribution in [3.8, 4) is 0 Å². The molecule has 3 atom stereocenters. The third-order valence-electron chi connectivity index (χ3n) is 4.20. The van der Waals surface area contributed by atoms with E-state index in [1.807, 2.05) is 0 Å². The molecule has 10 heteroatoms. The van der Waals surface area contributed by atoms with E-state index >= 15 is 0 Å². The van der Waals surface area contributed by atoms with E-state index in [4.69, 9.17) is 11.6 Å². The molecule has 144 valence electrons. The van der Waals surface area contributed by atoms with E-state index in [9.17, 15) is 17.6 Å². The second-order valence-electron chi connectivity index (χ2n) is 6.13. The van der Waals surface area contributed by atoms with Gasteiger partial charge in [-0.15, -0.1) is 0 Å². The number of halogens is 2. The Hall–Kier alpha value is -2.20. The van der Waals surface area contributed by atoms with E-state index in [-0.39, 0.29) is 10.7 Å². The second kappa shape index (κ2) is 7.81. The van der Waals surface area contributed by atoms with Gasteiger partial charge < -0.3 is 5.32 Å². The number of sulfonamides is 1. The van der Waals surface area contributed by atoms with E-state index in [1.54, 1.807) is 37.3 Å². The van der Waals surface area contributed by atoms with E-state index in [2.05, 4.69) is 20.9 Å². The summed E-state index contributed by atoms with van der Waals surface area (Å²) in [5.41, 5.74) is 5.64. The van der Waals surface area contributed by atoms with Crippen LogP contribution in [0, 0.1) is 11.7 Å². The van der Waals surface area contributed by atoms with Crippen LogP contribution in [0.1, 0.15) is 6.92 Å². The molecule has 4 N–H and O–H groups in total. The predicted molar refractivity (Wildman–Crippen MR) is 102 cm³/mol. The molecule has 1 fully saturated rings. The van der Waals surface area contributed by atoms with Crippen LogP contribution in [0.2, 0.25) is 5.02 Å². The Morgan fingerprint density at radius 1 is 1.11 bits per heavy atom. The van der Waals surface area contributed by atoms with Gasteiger partial charge in [0.15, 0.2) is 11.2 Å². The molecule has 3 unspecified atom stereocenters. The second-order valence-corrected chi connectivity index (χ2v) is 8.34. The molecule has 3 rings (SSSR count). The van der Waals surface area contributed by atoms with Crippen LogP contribution in [0.4, 0.5) is 15.8 Å². The van der Waals surface area contributed by atoms with E-state index in [0.29, 0.717) is 5.69 Å². The Bertz CT molecular complexity index is 942. The molecule has 2 aromatic carbocycles. The Labute approximate surface area is 161 Å². The molecular formula is C17H18ClFN4O3S. The van der Waals surface area contributed by atoms with Crippen molar-refractivity contribution in [3.05, 3.63) is 59.4 Å². The number of hydrogen-bond donors (Lipinski definition) is 4. The fraction of sp³-hybridized carbons (Fsp3) is 0.235. The Morgan fingerprint density at radius 3 is 2.52 bits per heavy atom. The Balaban J connectivity index is 1.82. The molecule has 1 aliphatic heterocycles. The lowest BCUT2D eigenvalue weighted by Gasteiger charge is -2.21. The van der Waals surface area contributed by atoms with Crippen molar-refractivity contribution < 1.29 is 17.6 Å². The number of hydrazine groups is 1. The van der Waals surface area contributed by atoms with Gasteiger partial charge in [0.2, 0.25) is 5.91 Å². The fourth-order valence-electron chi connectivity index (χ4n) is 2.84. The number of para-hydroxylation sites is 1. The topological polar surface area (TPSA) is 99.3 Å². The maximum absolute atomic E-state index is 14.1. The quantitative estimate of drug-likeness (QED) is 0.604. The van der Waals surface area contributed by atoms with Crippen molar-refractivity contribution in [2.75, 3.05) is 10.0 Å². The molecule has 0 bridgehead atoms. The van der Waals surface area contributed by atoms with Crippen LogP contribution in [-0.4, -0.2) is 25.7 Å². The minimum atomic E-state index is -3.95. The molecular weight excluding hydrogens is 395 g/mol. The lowest BCUT2D eigenvalue weighted by atomic mass is 10.0. The average molecular weight is 413 g/mol. The summed E-state index contributed by atoms with van der Waals surface area (Å²) >= 11 is 5.72. The van der Waals surface area contributed by atoms with Crippen molar-refractivity contribution in [2.24, 2.45) is 5.92 Å². The zero-order chi connectivity index (χ0) is 19.6. The normalized spacial score (nSPS) is 22.4. The van der Waals surface area contributed by atoms with Crippen LogP contribution < -0.4 is 20.9 Å².